The van der Waals surface area contributed by atoms with Gasteiger partial charge in [0.1, 0.15) is 0 Å². The molecule has 0 unspecified atom stereocenters. The lowest BCUT2D eigenvalue weighted by Crippen LogP contribution is -2.48. The van der Waals surface area contributed by atoms with Crippen LogP contribution in [-0.4, -0.2) is 58.3 Å². The van der Waals surface area contributed by atoms with Crippen molar-refractivity contribution in [2.75, 3.05) is 25.0 Å². The van der Waals surface area contributed by atoms with Crippen LogP contribution in [0.2, 0.25) is 5.02 Å². The van der Waals surface area contributed by atoms with E-state index in [1.807, 2.05) is 36.4 Å². The van der Waals surface area contributed by atoms with E-state index < -0.39 is 0 Å². The smallest absolute Gasteiger partial charge is 0.261 e. The van der Waals surface area contributed by atoms with Gasteiger partial charge in [-0.3, -0.25) is 19.3 Å². The summed E-state index contributed by atoms with van der Waals surface area (Å²) < 4.78 is 0. The van der Waals surface area contributed by atoms with Crippen molar-refractivity contribution in [1.29, 1.82) is 0 Å². The molecule has 0 spiro atoms. The molecule has 2 heterocycles. The summed E-state index contributed by atoms with van der Waals surface area (Å²) >= 11 is 11.5. The summed E-state index contributed by atoms with van der Waals surface area (Å²) in [6, 6.07) is 18.2. The minimum Gasteiger partial charge on any atom is -0.353 e. The first-order chi connectivity index (χ1) is 17.4. The third kappa shape index (κ3) is 4.92. The van der Waals surface area contributed by atoms with Crippen LogP contribution in [0.3, 0.4) is 0 Å². The molecule has 2 N–H and O–H groups in total. The van der Waals surface area contributed by atoms with E-state index in [4.69, 9.17) is 23.8 Å². The van der Waals surface area contributed by atoms with Gasteiger partial charge in [0.25, 0.3) is 11.8 Å². The number of likely N-dealkylation sites (tertiary alicyclic amines) is 1. The van der Waals surface area contributed by atoms with Gasteiger partial charge in [0.05, 0.1) is 0 Å². The predicted octanol–water partition coefficient (Wildman–Crippen LogP) is 4.46. The molecule has 0 saturated carbocycles. The lowest BCUT2D eigenvalue weighted by atomic mass is 9.94. The highest BCUT2D eigenvalue weighted by molar-refractivity contribution is 7.80. The van der Waals surface area contributed by atoms with Crippen molar-refractivity contribution in [2.24, 2.45) is 0 Å². The Bertz CT molecular complexity index is 1300. The van der Waals surface area contributed by atoms with Crippen molar-refractivity contribution >= 4 is 63.1 Å². The normalized spacial score (nSPS) is 15.8. The lowest BCUT2D eigenvalue weighted by Gasteiger charge is -2.34. The Balaban J connectivity index is 1.12. The molecular weight excluding hydrogens is 496 g/mol. The number of nitrogens with zero attached hydrogens (tertiary/aromatic N) is 2. The number of nitrogens with one attached hydrogen (secondary N) is 2. The average molecular weight is 521 g/mol. The number of piperidine rings is 1. The first-order valence-corrected chi connectivity index (χ1v) is 12.7. The SMILES string of the molecule is O=C(CCN1C(=O)c2cccc3cccc(c23)C1=O)NC1CCN(C(=S)Nc2ccc(Cl)cc2)CC1. The van der Waals surface area contributed by atoms with Gasteiger partial charge in [0, 0.05) is 59.3 Å². The minimum atomic E-state index is -0.355. The number of hydrogen-bond acceptors (Lipinski definition) is 4. The standard InChI is InChI=1S/C27H25ClN4O3S/c28-18-7-9-19(10-8-18)30-27(36)31-14-11-20(12-15-31)29-23(33)13-16-32-25(34)21-5-1-3-17-4-2-6-22(24(17)21)26(32)35/h1-10,20H,11-16H2,(H,29,33)(H,30,36). The van der Waals surface area contributed by atoms with Gasteiger partial charge in [-0.05, 0) is 66.8 Å². The zero-order valence-corrected chi connectivity index (χ0v) is 21.1. The largest absolute Gasteiger partial charge is 0.353 e. The van der Waals surface area contributed by atoms with Gasteiger partial charge in [0.2, 0.25) is 5.91 Å². The summed E-state index contributed by atoms with van der Waals surface area (Å²) in [5.74, 6) is -0.882. The van der Waals surface area contributed by atoms with Crippen molar-refractivity contribution in [1.82, 2.24) is 15.1 Å². The third-order valence-corrected chi connectivity index (χ3v) is 7.27. The zero-order chi connectivity index (χ0) is 25.2. The highest BCUT2D eigenvalue weighted by atomic mass is 35.5. The highest BCUT2D eigenvalue weighted by Crippen LogP contribution is 2.30. The molecular formula is C27H25ClN4O3S. The maximum Gasteiger partial charge on any atom is 0.261 e. The molecule has 2 aliphatic rings. The van der Waals surface area contributed by atoms with Gasteiger partial charge in [-0.2, -0.15) is 0 Å². The molecule has 9 heteroatoms. The summed E-state index contributed by atoms with van der Waals surface area (Å²) in [5.41, 5.74) is 1.87. The van der Waals surface area contributed by atoms with E-state index in [0.29, 0.717) is 39.7 Å². The molecule has 0 aliphatic carbocycles. The summed E-state index contributed by atoms with van der Waals surface area (Å²) in [7, 11) is 0. The van der Waals surface area contributed by atoms with Crippen LogP contribution in [0.1, 0.15) is 40.0 Å². The van der Waals surface area contributed by atoms with Gasteiger partial charge >= 0.3 is 0 Å². The second kappa shape index (κ2) is 10.2. The van der Waals surface area contributed by atoms with Crippen molar-refractivity contribution in [3.05, 3.63) is 76.8 Å². The molecule has 184 valence electrons. The number of benzene rings is 3. The van der Waals surface area contributed by atoms with E-state index >= 15 is 0 Å². The van der Waals surface area contributed by atoms with E-state index in [1.165, 1.54) is 4.90 Å². The van der Waals surface area contributed by atoms with Gasteiger partial charge in [-0.15, -0.1) is 0 Å². The van der Waals surface area contributed by atoms with Gasteiger partial charge < -0.3 is 15.5 Å². The Hall–Kier alpha value is -3.49. The number of anilines is 1. The highest BCUT2D eigenvalue weighted by Gasteiger charge is 2.33. The van der Waals surface area contributed by atoms with Gasteiger partial charge in [-0.25, -0.2) is 0 Å². The van der Waals surface area contributed by atoms with Crippen molar-refractivity contribution < 1.29 is 14.4 Å². The second-order valence-corrected chi connectivity index (χ2v) is 9.81. The number of carbonyl (C=O) groups excluding carboxylic acids is 3. The number of halogens is 1. The fraction of sp³-hybridized carbons (Fsp3) is 0.259. The Morgan fingerprint density at radius 1 is 0.944 bits per heavy atom. The zero-order valence-electron chi connectivity index (χ0n) is 19.5. The maximum absolute atomic E-state index is 13.0. The van der Waals surface area contributed by atoms with Crippen molar-refractivity contribution in [3.8, 4) is 0 Å². The van der Waals surface area contributed by atoms with Crippen LogP contribution in [-0.2, 0) is 4.79 Å². The molecule has 2 aliphatic heterocycles. The van der Waals surface area contributed by atoms with Crippen LogP contribution < -0.4 is 10.6 Å². The Morgan fingerprint density at radius 2 is 1.56 bits per heavy atom. The number of thiocarbonyl (C=S) groups is 1. The molecule has 3 aromatic carbocycles. The molecule has 3 amide bonds. The first-order valence-electron chi connectivity index (χ1n) is 11.9. The van der Waals surface area contributed by atoms with Gasteiger partial charge in [-0.1, -0.05) is 35.9 Å². The molecule has 5 rings (SSSR count). The van der Waals surface area contributed by atoms with Crippen LogP contribution in [0.15, 0.2) is 60.7 Å². The van der Waals surface area contributed by atoms with E-state index in [9.17, 15) is 14.4 Å². The lowest BCUT2D eigenvalue weighted by molar-refractivity contribution is -0.122. The maximum atomic E-state index is 13.0. The predicted molar refractivity (Wildman–Crippen MR) is 144 cm³/mol. The topological polar surface area (TPSA) is 81.8 Å². The molecule has 0 bridgehead atoms. The summed E-state index contributed by atoms with van der Waals surface area (Å²) in [5, 5.41) is 9.11. The number of carbonyl (C=O) groups is 3. The van der Waals surface area contributed by atoms with E-state index in [1.54, 1.807) is 24.3 Å². The van der Waals surface area contributed by atoms with Crippen molar-refractivity contribution in [2.45, 2.75) is 25.3 Å². The van der Waals surface area contributed by atoms with Crippen LogP contribution >= 0.6 is 23.8 Å². The fourth-order valence-electron chi connectivity index (χ4n) is 4.76. The number of hydrogen-bond donors (Lipinski definition) is 2. The van der Waals surface area contributed by atoms with Crippen LogP contribution in [0, 0.1) is 0 Å². The van der Waals surface area contributed by atoms with Crippen LogP contribution in [0.4, 0.5) is 5.69 Å². The molecule has 36 heavy (non-hydrogen) atoms. The Morgan fingerprint density at radius 3 is 2.17 bits per heavy atom. The summed E-state index contributed by atoms with van der Waals surface area (Å²) in [6.07, 6.45) is 1.57. The molecule has 0 radical (unpaired) electrons. The molecule has 7 nitrogen and oxygen atoms in total. The molecule has 1 saturated heterocycles. The average Bonchev–Trinajstić information content (AvgIpc) is 2.89. The van der Waals surface area contributed by atoms with E-state index in [2.05, 4.69) is 15.5 Å². The van der Waals surface area contributed by atoms with Crippen LogP contribution in [0.5, 0.6) is 0 Å². The number of amides is 3. The minimum absolute atomic E-state index is 0.0225. The Labute approximate surface area is 219 Å². The number of rotatable bonds is 5. The van der Waals surface area contributed by atoms with E-state index in [0.717, 1.165) is 23.9 Å². The molecule has 3 aromatic rings. The van der Waals surface area contributed by atoms with E-state index in [-0.39, 0.29) is 36.7 Å². The molecule has 1 fully saturated rings. The van der Waals surface area contributed by atoms with Gasteiger partial charge in [0.15, 0.2) is 5.11 Å². The first kappa shape index (κ1) is 24.2. The summed E-state index contributed by atoms with van der Waals surface area (Å²) in [4.78, 5) is 41.9. The monoisotopic (exact) mass is 520 g/mol. The quantitative estimate of drug-likeness (QED) is 0.382. The number of imide groups is 1. The molecule has 0 aromatic heterocycles. The summed E-state index contributed by atoms with van der Waals surface area (Å²) in [6.45, 7) is 1.48. The fourth-order valence-corrected chi connectivity index (χ4v) is 5.19. The Kier molecular flexibility index (Phi) is 6.89. The van der Waals surface area contributed by atoms with Crippen LogP contribution in [0.25, 0.3) is 10.8 Å². The third-order valence-electron chi connectivity index (χ3n) is 6.66. The second-order valence-electron chi connectivity index (χ2n) is 8.99. The van der Waals surface area contributed by atoms with Crippen molar-refractivity contribution in [3.63, 3.8) is 0 Å². The molecule has 0 atom stereocenters.